The third kappa shape index (κ3) is 3.97. The van der Waals surface area contributed by atoms with Crippen LogP contribution in [0.1, 0.15) is 41.6 Å². The van der Waals surface area contributed by atoms with Gasteiger partial charge in [-0.05, 0) is 38.0 Å². The van der Waals surface area contributed by atoms with E-state index in [-0.39, 0.29) is 11.9 Å². The Labute approximate surface area is 142 Å². The average Bonchev–Trinajstić information content (AvgIpc) is 3.08. The maximum absolute atomic E-state index is 12.2. The van der Waals surface area contributed by atoms with Gasteiger partial charge >= 0.3 is 0 Å². The fourth-order valence-corrected chi connectivity index (χ4v) is 2.82. The Morgan fingerprint density at radius 1 is 1.29 bits per heavy atom. The normalized spacial score (nSPS) is 17.0. The third-order valence-corrected chi connectivity index (χ3v) is 4.08. The van der Waals surface area contributed by atoms with Crippen molar-refractivity contribution in [3.63, 3.8) is 0 Å². The molecule has 1 atom stereocenters. The molecule has 1 saturated heterocycles. The monoisotopic (exact) mass is 325 g/mol. The molecule has 0 bridgehead atoms. The number of hydrogen-bond acceptors (Lipinski definition) is 4. The fraction of sp³-hybridized carbons (Fsp3) is 0.421. The molecule has 1 aliphatic rings. The molecule has 5 nitrogen and oxygen atoms in total. The highest BCUT2D eigenvalue weighted by atomic mass is 16.5. The van der Waals surface area contributed by atoms with Gasteiger partial charge in [-0.3, -0.25) is 4.79 Å². The van der Waals surface area contributed by atoms with E-state index in [1.54, 1.807) is 0 Å². The van der Waals surface area contributed by atoms with Gasteiger partial charge in [-0.15, -0.1) is 0 Å². The lowest BCUT2D eigenvalue weighted by Crippen LogP contribution is -2.34. The number of rotatable bonds is 5. The van der Waals surface area contributed by atoms with Crippen LogP contribution in [0.2, 0.25) is 0 Å². The molecule has 1 aromatic heterocycles. The van der Waals surface area contributed by atoms with E-state index in [1.165, 1.54) is 0 Å². The van der Waals surface area contributed by atoms with Gasteiger partial charge in [0.2, 0.25) is 0 Å². The zero-order chi connectivity index (χ0) is 16.9. The van der Waals surface area contributed by atoms with Crippen molar-refractivity contribution in [1.29, 1.82) is 0 Å². The largest absolute Gasteiger partial charge is 0.379 e. The molecule has 1 amide bonds. The van der Waals surface area contributed by atoms with Crippen LogP contribution in [0.3, 0.4) is 0 Å². The number of aromatic nitrogens is 2. The van der Waals surface area contributed by atoms with Crippen molar-refractivity contribution in [3.05, 3.63) is 47.4 Å². The molecule has 0 radical (unpaired) electrons. The first-order chi connectivity index (χ1) is 11.7. The van der Waals surface area contributed by atoms with Crippen LogP contribution < -0.4 is 5.32 Å². The highest BCUT2D eigenvalue weighted by Gasteiger charge is 2.18. The maximum atomic E-state index is 12.2. The lowest BCUT2D eigenvalue weighted by molar-refractivity contribution is 0.0930. The number of aryl methyl sites for hydroxylation is 2. The Kier molecular flexibility index (Phi) is 5.20. The summed E-state index contributed by atoms with van der Waals surface area (Å²) in [6.45, 7) is 5.42. The van der Waals surface area contributed by atoms with Crippen LogP contribution in [0, 0.1) is 6.92 Å². The summed E-state index contributed by atoms with van der Waals surface area (Å²) in [6, 6.07) is 9.67. The molecule has 0 aliphatic carbocycles. The zero-order valence-corrected chi connectivity index (χ0v) is 14.2. The standard InChI is InChI=1S/C19H23N3O2/c1-3-4-18-20-13(2)11-17(22-18)14-5-7-15(8-6-14)19(23)21-16-9-10-24-12-16/h5-8,11,16H,3-4,9-10,12H2,1-2H3,(H,21,23)/t16-/m0/s1. The van der Waals surface area contributed by atoms with Gasteiger partial charge in [0.05, 0.1) is 18.3 Å². The van der Waals surface area contributed by atoms with Crippen molar-refractivity contribution in [2.45, 2.75) is 39.2 Å². The Bertz CT molecular complexity index is 707. The Morgan fingerprint density at radius 3 is 2.75 bits per heavy atom. The SMILES string of the molecule is CCCc1nc(C)cc(-c2ccc(C(=O)N[C@H]3CCOC3)cc2)n1. The van der Waals surface area contributed by atoms with Crippen LogP contribution in [0.4, 0.5) is 0 Å². The van der Waals surface area contributed by atoms with E-state index < -0.39 is 0 Å². The summed E-state index contributed by atoms with van der Waals surface area (Å²) in [4.78, 5) is 21.3. The maximum Gasteiger partial charge on any atom is 0.251 e. The molecule has 1 N–H and O–H groups in total. The minimum atomic E-state index is -0.0532. The van der Waals surface area contributed by atoms with Gasteiger partial charge in [0, 0.05) is 29.8 Å². The van der Waals surface area contributed by atoms with E-state index in [9.17, 15) is 4.79 Å². The van der Waals surface area contributed by atoms with Crippen LogP contribution in [0.25, 0.3) is 11.3 Å². The van der Waals surface area contributed by atoms with Crippen molar-refractivity contribution in [2.75, 3.05) is 13.2 Å². The summed E-state index contributed by atoms with van der Waals surface area (Å²) in [7, 11) is 0. The van der Waals surface area contributed by atoms with Gasteiger partial charge in [0.25, 0.3) is 5.91 Å². The van der Waals surface area contributed by atoms with Gasteiger partial charge < -0.3 is 10.1 Å². The van der Waals surface area contributed by atoms with Gasteiger partial charge in [0.1, 0.15) is 5.82 Å². The van der Waals surface area contributed by atoms with E-state index >= 15 is 0 Å². The van der Waals surface area contributed by atoms with Gasteiger partial charge in [-0.1, -0.05) is 19.1 Å². The van der Waals surface area contributed by atoms with Gasteiger partial charge in [-0.2, -0.15) is 0 Å². The number of hydrogen-bond donors (Lipinski definition) is 1. The summed E-state index contributed by atoms with van der Waals surface area (Å²) in [6.07, 6.45) is 2.77. The van der Waals surface area contributed by atoms with Crippen LogP contribution in [0.5, 0.6) is 0 Å². The number of nitrogens with one attached hydrogen (secondary N) is 1. The Morgan fingerprint density at radius 2 is 2.08 bits per heavy atom. The highest BCUT2D eigenvalue weighted by molar-refractivity contribution is 5.94. The summed E-state index contributed by atoms with van der Waals surface area (Å²) in [5, 5.41) is 3.00. The van der Waals surface area contributed by atoms with E-state index in [1.807, 2.05) is 37.3 Å². The molecular formula is C19H23N3O2. The molecule has 0 saturated carbocycles. The van der Waals surface area contributed by atoms with E-state index in [0.717, 1.165) is 48.6 Å². The number of ether oxygens (including phenoxy) is 1. The molecule has 2 aromatic rings. The molecule has 5 heteroatoms. The quantitative estimate of drug-likeness (QED) is 0.918. The fourth-order valence-electron chi connectivity index (χ4n) is 2.82. The lowest BCUT2D eigenvalue weighted by atomic mass is 10.1. The second-order valence-electron chi connectivity index (χ2n) is 6.17. The smallest absolute Gasteiger partial charge is 0.251 e. The minimum absolute atomic E-state index is 0.0532. The Balaban J connectivity index is 1.75. The summed E-state index contributed by atoms with van der Waals surface area (Å²) in [5.74, 6) is 0.818. The number of carbonyl (C=O) groups is 1. The molecular weight excluding hydrogens is 302 g/mol. The van der Waals surface area contributed by atoms with Crippen molar-refractivity contribution in [3.8, 4) is 11.3 Å². The molecule has 1 fully saturated rings. The molecule has 3 rings (SSSR count). The molecule has 1 aromatic carbocycles. The summed E-state index contributed by atoms with van der Waals surface area (Å²) < 4.78 is 5.28. The molecule has 0 unspecified atom stereocenters. The van der Waals surface area contributed by atoms with Crippen LogP contribution in [-0.2, 0) is 11.2 Å². The van der Waals surface area contributed by atoms with Gasteiger partial charge in [0.15, 0.2) is 0 Å². The van der Waals surface area contributed by atoms with Gasteiger partial charge in [-0.25, -0.2) is 9.97 Å². The van der Waals surface area contributed by atoms with E-state index in [2.05, 4.69) is 22.2 Å². The number of benzene rings is 1. The van der Waals surface area contributed by atoms with Crippen LogP contribution in [-0.4, -0.2) is 35.1 Å². The minimum Gasteiger partial charge on any atom is -0.379 e. The second-order valence-corrected chi connectivity index (χ2v) is 6.17. The molecule has 126 valence electrons. The van der Waals surface area contributed by atoms with E-state index in [4.69, 9.17) is 4.74 Å². The summed E-state index contributed by atoms with van der Waals surface area (Å²) in [5.41, 5.74) is 3.53. The molecule has 1 aliphatic heterocycles. The Hall–Kier alpha value is -2.27. The number of carbonyl (C=O) groups excluding carboxylic acids is 1. The molecule has 2 heterocycles. The average molecular weight is 325 g/mol. The first kappa shape index (κ1) is 16.6. The van der Waals surface area contributed by atoms with Crippen molar-refractivity contribution >= 4 is 5.91 Å². The van der Waals surface area contributed by atoms with Crippen LogP contribution >= 0.6 is 0 Å². The zero-order valence-electron chi connectivity index (χ0n) is 14.2. The molecule has 24 heavy (non-hydrogen) atoms. The van der Waals surface area contributed by atoms with Crippen molar-refractivity contribution < 1.29 is 9.53 Å². The first-order valence-electron chi connectivity index (χ1n) is 8.49. The topological polar surface area (TPSA) is 64.1 Å². The predicted molar refractivity (Wildman–Crippen MR) is 92.9 cm³/mol. The number of amides is 1. The van der Waals surface area contributed by atoms with Crippen molar-refractivity contribution in [2.24, 2.45) is 0 Å². The first-order valence-corrected chi connectivity index (χ1v) is 8.49. The third-order valence-electron chi connectivity index (χ3n) is 4.08. The predicted octanol–water partition coefficient (Wildman–Crippen LogP) is 2.92. The van der Waals surface area contributed by atoms with Crippen molar-refractivity contribution in [1.82, 2.24) is 15.3 Å². The number of nitrogens with zero attached hydrogens (tertiary/aromatic N) is 2. The second kappa shape index (κ2) is 7.53. The van der Waals surface area contributed by atoms with E-state index in [0.29, 0.717) is 12.2 Å². The highest BCUT2D eigenvalue weighted by Crippen LogP contribution is 2.19. The van der Waals surface area contributed by atoms with Crippen LogP contribution in [0.15, 0.2) is 30.3 Å². The summed E-state index contributed by atoms with van der Waals surface area (Å²) >= 11 is 0. The molecule has 0 spiro atoms. The lowest BCUT2D eigenvalue weighted by Gasteiger charge is -2.11.